The number of amides is 1. The van der Waals surface area contributed by atoms with Gasteiger partial charge in [-0.1, -0.05) is 11.6 Å². The molecule has 138 valence electrons. The van der Waals surface area contributed by atoms with E-state index in [0.717, 1.165) is 0 Å². The molecule has 2 rings (SSSR count). The fourth-order valence-electron chi connectivity index (χ4n) is 1.97. The van der Waals surface area contributed by atoms with E-state index in [2.05, 4.69) is 10.0 Å². The third kappa shape index (κ3) is 5.55. The molecule has 0 radical (unpaired) electrons. The second-order valence-corrected chi connectivity index (χ2v) is 7.33. The number of hydrogen-bond donors (Lipinski definition) is 2. The Labute approximate surface area is 156 Å². The van der Waals surface area contributed by atoms with Gasteiger partial charge in [0.15, 0.2) is 0 Å². The number of carbonyl (C=O) groups is 2. The number of halogens is 1. The molecular weight excluding hydrogens is 380 g/mol. The first-order chi connectivity index (χ1) is 12.3. The Balaban J connectivity index is 1.96. The Morgan fingerprint density at radius 2 is 1.65 bits per heavy atom. The highest BCUT2D eigenvalue weighted by Crippen LogP contribution is 2.14. The SMILES string of the molecule is CCOC(=O)c1ccc(S(=O)(=O)NCC(=O)Nc2ccc(Cl)cc2)cc1. The summed E-state index contributed by atoms with van der Waals surface area (Å²) in [6.45, 7) is 1.46. The van der Waals surface area contributed by atoms with Crippen LogP contribution in [0.5, 0.6) is 0 Å². The average Bonchev–Trinajstić information content (AvgIpc) is 2.62. The van der Waals surface area contributed by atoms with Gasteiger partial charge in [0.1, 0.15) is 0 Å². The number of anilines is 1. The van der Waals surface area contributed by atoms with Crippen molar-refractivity contribution >= 4 is 39.2 Å². The van der Waals surface area contributed by atoms with Crippen molar-refractivity contribution in [3.8, 4) is 0 Å². The lowest BCUT2D eigenvalue weighted by molar-refractivity contribution is -0.115. The lowest BCUT2D eigenvalue weighted by Crippen LogP contribution is -2.32. The molecule has 0 saturated heterocycles. The maximum absolute atomic E-state index is 12.2. The lowest BCUT2D eigenvalue weighted by atomic mass is 10.2. The smallest absolute Gasteiger partial charge is 0.338 e. The van der Waals surface area contributed by atoms with Crippen LogP contribution < -0.4 is 10.0 Å². The highest BCUT2D eigenvalue weighted by molar-refractivity contribution is 7.89. The average molecular weight is 397 g/mol. The fourth-order valence-corrected chi connectivity index (χ4v) is 3.08. The highest BCUT2D eigenvalue weighted by atomic mass is 35.5. The number of nitrogens with one attached hydrogen (secondary N) is 2. The summed E-state index contributed by atoms with van der Waals surface area (Å²) in [6.07, 6.45) is 0. The van der Waals surface area contributed by atoms with Gasteiger partial charge in [-0.15, -0.1) is 0 Å². The third-order valence-corrected chi connectivity index (χ3v) is 4.90. The molecule has 0 heterocycles. The minimum atomic E-state index is -3.89. The normalized spacial score (nSPS) is 11.0. The van der Waals surface area contributed by atoms with Gasteiger partial charge in [-0.25, -0.2) is 17.9 Å². The van der Waals surface area contributed by atoms with E-state index in [0.29, 0.717) is 10.7 Å². The molecule has 2 aromatic rings. The maximum Gasteiger partial charge on any atom is 0.338 e. The molecule has 0 bridgehead atoms. The second-order valence-electron chi connectivity index (χ2n) is 5.12. The number of benzene rings is 2. The predicted octanol–water partition coefficient (Wildman–Crippen LogP) is 2.43. The fraction of sp³-hybridized carbons (Fsp3) is 0.176. The molecule has 26 heavy (non-hydrogen) atoms. The van der Waals surface area contributed by atoms with Crippen LogP contribution in [0.4, 0.5) is 5.69 Å². The van der Waals surface area contributed by atoms with Gasteiger partial charge >= 0.3 is 5.97 Å². The van der Waals surface area contributed by atoms with E-state index in [1.165, 1.54) is 24.3 Å². The van der Waals surface area contributed by atoms with Crippen molar-refractivity contribution in [2.75, 3.05) is 18.5 Å². The zero-order valence-corrected chi connectivity index (χ0v) is 15.4. The Bertz CT molecular complexity index is 880. The van der Waals surface area contributed by atoms with Gasteiger partial charge in [-0.2, -0.15) is 0 Å². The first kappa shape index (κ1) is 19.9. The summed E-state index contributed by atoms with van der Waals surface area (Å²) >= 11 is 5.75. The molecule has 9 heteroatoms. The number of ether oxygens (including phenoxy) is 1. The summed E-state index contributed by atoms with van der Waals surface area (Å²) in [5.41, 5.74) is 0.740. The van der Waals surface area contributed by atoms with Crippen LogP contribution in [0, 0.1) is 0 Å². The van der Waals surface area contributed by atoms with Crippen LogP contribution in [-0.2, 0) is 19.6 Å². The Hall–Kier alpha value is -2.42. The molecule has 2 aromatic carbocycles. The minimum Gasteiger partial charge on any atom is -0.462 e. The quantitative estimate of drug-likeness (QED) is 0.700. The Morgan fingerprint density at radius 3 is 2.23 bits per heavy atom. The van der Waals surface area contributed by atoms with Gasteiger partial charge in [0.2, 0.25) is 15.9 Å². The van der Waals surface area contributed by atoms with Gasteiger partial charge in [0.05, 0.1) is 23.6 Å². The highest BCUT2D eigenvalue weighted by Gasteiger charge is 2.16. The molecule has 0 spiro atoms. The van der Waals surface area contributed by atoms with Crippen LogP contribution in [0.1, 0.15) is 17.3 Å². The van der Waals surface area contributed by atoms with Gasteiger partial charge in [0.25, 0.3) is 0 Å². The van der Waals surface area contributed by atoms with E-state index in [9.17, 15) is 18.0 Å². The molecule has 1 amide bonds. The van der Waals surface area contributed by atoms with Crippen LogP contribution in [0.15, 0.2) is 53.4 Å². The van der Waals surface area contributed by atoms with Crippen molar-refractivity contribution in [1.29, 1.82) is 0 Å². The van der Waals surface area contributed by atoms with E-state index in [4.69, 9.17) is 16.3 Å². The van der Waals surface area contributed by atoms with E-state index >= 15 is 0 Å². The maximum atomic E-state index is 12.2. The van der Waals surface area contributed by atoms with E-state index in [-0.39, 0.29) is 17.1 Å². The second kappa shape index (κ2) is 8.79. The summed E-state index contributed by atoms with van der Waals surface area (Å²) in [5, 5.41) is 3.07. The number of hydrogen-bond acceptors (Lipinski definition) is 5. The van der Waals surface area contributed by atoms with Crippen LogP contribution in [0.3, 0.4) is 0 Å². The summed E-state index contributed by atoms with van der Waals surface area (Å²) in [5.74, 6) is -1.06. The van der Waals surface area contributed by atoms with E-state index in [1.54, 1.807) is 31.2 Å². The van der Waals surface area contributed by atoms with Crippen LogP contribution in [0.2, 0.25) is 5.02 Å². The monoisotopic (exact) mass is 396 g/mol. The van der Waals surface area contributed by atoms with Crippen molar-refractivity contribution in [2.45, 2.75) is 11.8 Å². The van der Waals surface area contributed by atoms with Crippen molar-refractivity contribution in [1.82, 2.24) is 4.72 Å². The molecule has 7 nitrogen and oxygen atoms in total. The zero-order valence-electron chi connectivity index (χ0n) is 13.9. The van der Waals surface area contributed by atoms with Gasteiger partial charge in [0, 0.05) is 10.7 Å². The first-order valence-corrected chi connectivity index (χ1v) is 9.50. The van der Waals surface area contributed by atoms with Crippen LogP contribution in [0.25, 0.3) is 0 Å². The number of rotatable bonds is 7. The molecule has 0 aliphatic rings. The minimum absolute atomic E-state index is 0.0650. The summed E-state index contributed by atoms with van der Waals surface area (Å²) in [6, 6.07) is 11.6. The molecule has 0 aliphatic heterocycles. The number of carbonyl (C=O) groups excluding carboxylic acids is 2. The molecule has 0 fully saturated rings. The molecule has 0 saturated carbocycles. The Kier molecular flexibility index (Phi) is 6.73. The molecule has 0 aromatic heterocycles. The molecule has 2 N–H and O–H groups in total. The predicted molar refractivity (Wildman–Crippen MR) is 97.7 cm³/mol. The molecular formula is C17H17ClN2O5S. The van der Waals surface area contributed by atoms with Gasteiger partial charge < -0.3 is 10.1 Å². The zero-order chi connectivity index (χ0) is 19.2. The van der Waals surface area contributed by atoms with Crippen LogP contribution >= 0.6 is 11.6 Å². The molecule has 0 unspecified atom stereocenters. The Morgan fingerprint density at radius 1 is 1.04 bits per heavy atom. The molecule has 0 aliphatic carbocycles. The van der Waals surface area contributed by atoms with Crippen molar-refractivity contribution in [2.24, 2.45) is 0 Å². The van der Waals surface area contributed by atoms with E-state index in [1.807, 2.05) is 0 Å². The lowest BCUT2D eigenvalue weighted by Gasteiger charge is -2.08. The first-order valence-electron chi connectivity index (χ1n) is 7.64. The van der Waals surface area contributed by atoms with Crippen molar-refractivity contribution in [3.63, 3.8) is 0 Å². The molecule has 0 atom stereocenters. The number of esters is 1. The van der Waals surface area contributed by atoms with Crippen LogP contribution in [-0.4, -0.2) is 33.4 Å². The summed E-state index contributed by atoms with van der Waals surface area (Å²) in [7, 11) is -3.89. The van der Waals surface area contributed by atoms with E-state index < -0.39 is 28.4 Å². The summed E-state index contributed by atoms with van der Waals surface area (Å²) < 4.78 is 31.5. The summed E-state index contributed by atoms with van der Waals surface area (Å²) in [4.78, 5) is 23.4. The van der Waals surface area contributed by atoms with Gasteiger partial charge in [-0.05, 0) is 55.5 Å². The topological polar surface area (TPSA) is 102 Å². The van der Waals surface area contributed by atoms with Crippen molar-refractivity contribution in [3.05, 3.63) is 59.1 Å². The van der Waals surface area contributed by atoms with Crippen molar-refractivity contribution < 1.29 is 22.7 Å². The standard InChI is InChI=1S/C17H17ClN2O5S/c1-2-25-17(22)12-3-9-15(10-4-12)26(23,24)19-11-16(21)20-14-7-5-13(18)6-8-14/h3-10,19H,2,11H2,1H3,(H,20,21). The number of sulfonamides is 1. The van der Waals surface area contributed by atoms with Gasteiger partial charge in [-0.3, -0.25) is 4.79 Å². The largest absolute Gasteiger partial charge is 0.462 e. The third-order valence-electron chi connectivity index (χ3n) is 3.23.